The SMILES string of the molecule is COC(C)(CNC(=O)C(=O)Nc1cccc(Cl)c1C)c1cccc(Cl)c1. The second-order valence-corrected chi connectivity index (χ2v) is 6.84. The molecule has 0 aliphatic heterocycles. The van der Waals surface area contributed by atoms with Gasteiger partial charge < -0.3 is 15.4 Å². The number of amides is 2. The molecule has 7 heteroatoms. The van der Waals surface area contributed by atoms with Crippen LogP contribution in [0.4, 0.5) is 5.69 Å². The molecule has 0 spiro atoms. The number of anilines is 1. The highest BCUT2D eigenvalue weighted by molar-refractivity contribution is 6.40. The molecule has 0 saturated heterocycles. The molecule has 0 aromatic heterocycles. The van der Waals surface area contributed by atoms with Crippen LogP contribution in [0.3, 0.4) is 0 Å². The summed E-state index contributed by atoms with van der Waals surface area (Å²) in [4.78, 5) is 24.3. The molecule has 0 aliphatic rings. The summed E-state index contributed by atoms with van der Waals surface area (Å²) >= 11 is 12.0. The summed E-state index contributed by atoms with van der Waals surface area (Å²) < 4.78 is 5.54. The van der Waals surface area contributed by atoms with Crippen molar-refractivity contribution in [2.75, 3.05) is 19.0 Å². The van der Waals surface area contributed by atoms with Crippen LogP contribution in [0, 0.1) is 6.92 Å². The van der Waals surface area contributed by atoms with Crippen LogP contribution in [-0.2, 0) is 19.9 Å². The first-order chi connectivity index (χ1) is 12.3. The monoisotopic (exact) mass is 394 g/mol. The average molecular weight is 395 g/mol. The first kappa shape index (κ1) is 20.2. The Labute approximate surface area is 162 Å². The summed E-state index contributed by atoms with van der Waals surface area (Å²) in [6.07, 6.45) is 0. The molecule has 2 aromatic rings. The van der Waals surface area contributed by atoms with Gasteiger partial charge in [0.2, 0.25) is 0 Å². The maximum Gasteiger partial charge on any atom is 0.313 e. The van der Waals surface area contributed by atoms with E-state index in [2.05, 4.69) is 10.6 Å². The standard InChI is InChI=1S/C19H20Cl2N2O3/c1-12-15(21)8-5-9-16(12)23-18(25)17(24)22-11-19(2,26-3)13-6-4-7-14(20)10-13/h4-10H,11H2,1-3H3,(H,22,24)(H,23,25). The molecule has 5 nitrogen and oxygen atoms in total. The normalized spacial score (nSPS) is 13.0. The van der Waals surface area contributed by atoms with Gasteiger partial charge in [0.1, 0.15) is 5.60 Å². The van der Waals surface area contributed by atoms with Crippen LogP contribution < -0.4 is 10.6 Å². The minimum absolute atomic E-state index is 0.102. The highest BCUT2D eigenvalue weighted by atomic mass is 35.5. The summed E-state index contributed by atoms with van der Waals surface area (Å²) in [5, 5.41) is 6.22. The number of methoxy groups -OCH3 is 1. The summed E-state index contributed by atoms with van der Waals surface area (Å²) in [6.45, 7) is 3.67. The highest BCUT2D eigenvalue weighted by Crippen LogP contribution is 2.26. The molecule has 0 fully saturated rings. The molecule has 1 atom stereocenters. The van der Waals surface area contributed by atoms with Crippen molar-refractivity contribution in [3.63, 3.8) is 0 Å². The topological polar surface area (TPSA) is 67.4 Å². The molecular weight excluding hydrogens is 375 g/mol. The lowest BCUT2D eigenvalue weighted by Crippen LogP contribution is -2.44. The van der Waals surface area contributed by atoms with E-state index in [-0.39, 0.29) is 6.54 Å². The number of ether oxygens (including phenoxy) is 1. The van der Waals surface area contributed by atoms with Crippen LogP contribution in [0.1, 0.15) is 18.1 Å². The lowest BCUT2D eigenvalue weighted by atomic mass is 9.95. The fourth-order valence-corrected chi connectivity index (χ4v) is 2.73. The quantitative estimate of drug-likeness (QED) is 0.755. The van der Waals surface area contributed by atoms with Crippen molar-refractivity contribution in [1.29, 1.82) is 0 Å². The molecule has 0 radical (unpaired) electrons. The zero-order valence-electron chi connectivity index (χ0n) is 14.7. The molecule has 0 aliphatic carbocycles. The third kappa shape index (κ3) is 4.75. The highest BCUT2D eigenvalue weighted by Gasteiger charge is 2.28. The summed E-state index contributed by atoms with van der Waals surface area (Å²) in [5.41, 5.74) is 1.14. The minimum atomic E-state index is -0.827. The van der Waals surface area contributed by atoms with Gasteiger partial charge in [-0.05, 0) is 49.2 Å². The van der Waals surface area contributed by atoms with Gasteiger partial charge >= 0.3 is 11.8 Å². The predicted octanol–water partition coefficient (Wildman–Crippen LogP) is 3.92. The smallest absolute Gasteiger partial charge is 0.313 e. The Morgan fingerprint density at radius 1 is 1.12 bits per heavy atom. The van der Waals surface area contributed by atoms with Crippen molar-refractivity contribution in [3.05, 3.63) is 63.6 Å². The third-order valence-corrected chi connectivity index (χ3v) is 4.84. The van der Waals surface area contributed by atoms with E-state index in [9.17, 15) is 9.59 Å². The number of halogens is 2. The van der Waals surface area contributed by atoms with Gasteiger partial charge in [0.05, 0.1) is 6.54 Å². The van der Waals surface area contributed by atoms with E-state index in [0.717, 1.165) is 5.56 Å². The summed E-state index contributed by atoms with van der Waals surface area (Å²) in [5.74, 6) is -1.55. The van der Waals surface area contributed by atoms with Gasteiger partial charge in [0.25, 0.3) is 0 Å². The molecule has 2 amide bonds. The molecule has 2 aromatic carbocycles. The van der Waals surface area contributed by atoms with Crippen LogP contribution in [-0.4, -0.2) is 25.5 Å². The van der Waals surface area contributed by atoms with E-state index >= 15 is 0 Å². The molecule has 26 heavy (non-hydrogen) atoms. The first-order valence-corrected chi connectivity index (χ1v) is 8.68. The molecular formula is C19H20Cl2N2O3. The van der Waals surface area contributed by atoms with Gasteiger partial charge in [0, 0.05) is 22.8 Å². The summed E-state index contributed by atoms with van der Waals surface area (Å²) in [7, 11) is 1.53. The lowest BCUT2D eigenvalue weighted by molar-refractivity contribution is -0.137. The van der Waals surface area contributed by atoms with Crippen molar-refractivity contribution >= 4 is 40.7 Å². The van der Waals surface area contributed by atoms with Gasteiger partial charge in [-0.2, -0.15) is 0 Å². The van der Waals surface area contributed by atoms with Crippen LogP contribution >= 0.6 is 23.2 Å². The Morgan fingerprint density at radius 3 is 2.46 bits per heavy atom. The second kappa shape index (κ2) is 8.54. The number of hydrogen-bond acceptors (Lipinski definition) is 3. The Bertz CT molecular complexity index is 826. The fourth-order valence-electron chi connectivity index (χ4n) is 2.36. The Balaban J connectivity index is 2.04. The number of carbonyl (C=O) groups is 2. The Kier molecular flexibility index (Phi) is 6.64. The van der Waals surface area contributed by atoms with E-state index in [1.54, 1.807) is 50.2 Å². The minimum Gasteiger partial charge on any atom is -0.372 e. The molecule has 138 valence electrons. The van der Waals surface area contributed by atoms with Crippen molar-refractivity contribution < 1.29 is 14.3 Å². The van der Waals surface area contributed by atoms with E-state index < -0.39 is 17.4 Å². The van der Waals surface area contributed by atoms with E-state index in [1.165, 1.54) is 7.11 Å². The fraction of sp³-hybridized carbons (Fsp3) is 0.263. The second-order valence-electron chi connectivity index (χ2n) is 5.99. The van der Waals surface area contributed by atoms with Crippen LogP contribution in [0.2, 0.25) is 10.0 Å². The van der Waals surface area contributed by atoms with Gasteiger partial charge in [-0.3, -0.25) is 9.59 Å². The van der Waals surface area contributed by atoms with E-state index in [4.69, 9.17) is 27.9 Å². The Hall–Kier alpha value is -2.08. The van der Waals surface area contributed by atoms with Gasteiger partial charge in [-0.15, -0.1) is 0 Å². The molecule has 2 N–H and O–H groups in total. The van der Waals surface area contributed by atoms with Crippen LogP contribution in [0.5, 0.6) is 0 Å². The number of hydrogen-bond donors (Lipinski definition) is 2. The van der Waals surface area contributed by atoms with Crippen LogP contribution in [0.15, 0.2) is 42.5 Å². The van der Waals surface area contributed by atoms with Crippen molar-refractivity contribution in [3.8, 4) is 0 Å². The molecule has 0 saturated carbocycles. The molecule has 0 heterocycles. The molecule has 0 bridgehead atoms. The first-order valence-electron chi connectivity index (χ1n) is 7.92. The average Bonchev–Trinajstić information content (AvgIpc) is 2.63. The Morgan fingerprint density at radius 2 is 1.81 bits per heavy atom. The predicted molar refractivity (Wildman–Crippen MR) is 104 cm³/mol. The zero-order valence-corrected chi connectivity index (χ0v) is 16.2. The number of carbonyl (C=O) groups excluding carboxylic acids is 2. The largest absolute Gasteiger partial charge is 0.372 e. The van der Waals surface area contributed by atoms with E-state index in [1.807, 2.05) is 6.07 Å². The molecule has 2 rings (SSSR count). The maximum atomic E-state index is 12.2. The summed E-state index contributed by atoms with van der Waals surface area (Å²) in [6, 6.07) is 12.2. The number of benzene rings is 2. The van der Waals surface area contributed by atoms with E-state index in [0.29, 0.717) is 21.3 Å². The van der Waals surface area contributed by atoms with Crippen molar-refractivity contribution in [2.45, 2.75) is 19.4 Å². The van der Waals surface area contributed by atoms with Crippen LogP contribution in [0.25, 0.3) is 0 Å². The van der Waals surface area contributed by atoms with Gasteiger partial charge in [0.15, 0.2) is 0 Å². The lowest BCUT2D eigenvalue weighted by Gasteiger charge is -2.29. The number of nitrogens with one attached hydrogen (secondary N) is 2. The maximum absolute atomic E-state index is 12.2. The van der Waals surface area contributed by atoms with Crippen molar-refractivity contribution in [1.82, 2.24) is 5.32 Å². The van der Waals surface area contributed by atoms with Gasteiger partial charge in [-0.1, -0.05) is 41.4 Å². The van der Waals surface area contributed by atoms with Gasteiger partial charge in [-0.25, -0.2) is 0 Å². The zero-order chi connectivity index (χ0) is 19.3. The van der Waals surface area contributed by atoms with Crippen molar-refractivity contribution in [2.24, 2.45) is 0 Å². The number of rotatable bonds is 5. The third-order valence-electron chi connectivity index (χ3n) is 4.19. The molecule has 1 unspecified atom stereocenters.